The lowest BCUT2D eigenvalue weighted by Gasteiger charge is -2.40. The largest absolute Gasteiger partial charge is 0.339 e. The zero-order chi connectivity index (χ0) is 17.1. The summed E-state index contributed by atoms with van der Waals surface area (Å²) < 4.78 is 14.2. The highest BCUT2D eigenvalue weighted by atomic mass is 19.1. The fraction of sp³-hybridized carbons (Fsp3) is 0.650. The molecule has 0 spiro atoms. The topological polar surface area (TPSA) is 23.6 Å². The smallest absolute Gasteiger partial charge is 0.253 e. The highest BCUT2D eigenvalue weighted by molar-refractivity contribution is 5.94. The molecule has 0 unspecified atom stereocenters. The predicted molar refractivity (Wildman–Crippen MR) is 94.8 cm³/mol. The summed E-state index contributed by atoms with van der Waals surface area (Å²) in [5, 5.41) is 0. The highest BCUT2D eigenvalue weighted by Crippen LogP contribution is 2.24. The third kappa shape index (κ3) is 3.80. The van der Waals surface area contributed by atoms with Gasteiger partial charge in [0, 0.05) is 24.7 Å². The fourth-order valence-electron chi connectivity index (χ4n) is 4.03. The van der Waals surface area contributed by atoms with E-state index in [9.17, 15) is 9.18 Å². The molecule has 2 fully saturated rings. The number of rotatable bonds is 3. The maximum atomic E-state index is 14.2. The van der Waals surface area contributed by atoms with Gasteiger partial charge in [-0.05, 0) is 62.4 Å². The Balaban J connectivity index is 1.59. The van der Waals surface area contributed by atoms with Crippen molar-refractivity contribution in [3.63, 3.8) is 0 Å². The predicted octanol–water partition coefficient (Wildman–Crippen LogP) is 4.04. The van der Waals surface area contributed by atoms with E-state index in [0.29, 0.717) is 17.2 Å². The van der Waals surface area contributed by atoms with E-state index < -0.39 is 0 Å². The first kappa shape index (κ1) is 17.4. The van der Waals surface area contributed by atoms with Crippen molar-refractivity contribution in [3.05, 3.63) is 35.1 Å². The number of amides is 1. The Morgan fingerprint density at radius 3 is 2.33 bits per heavy atom. The van der Waals surface area contributed by atoms with Crippen LogP contribution >= 0.6 is 0 Å². The number of carbonyl (C=O) groups is 1. The van der Waals surface area contributed by atoms with Gasteiger partial charge in [0.15, 0.2) is 0 Å². The average molecular weight is 332 g/mol. The molecule has 4 heteroatoms. The SMILES string of the molecule is CC(C)c1ccc(C(=O)N2CCC(N3CCCCC3)CC2)cc1F. The van der Waals surface area contributed by atoms with Crippen LogP contribution in [0.25, 0.3) is 0 Å². The summed E-state index contributed by atoms with van der Waals surface area (Å²) in [5.41, 5.74) is 1.16. The lowest BCUT2D eigenvalue weighted by Crippen LogP contribution is -2.48. The van der Waals surface area contributed by atoms with Crippen LogP contribution in [0.3, 0.4) is 0 Å². The Labute approximate surface area is 144 Å². The van der Waals surface area contributed by atoms with E-state index in [1.807, 2.05) is 18.7 Å². The molecule has 2 aliphatic heterocycles. The molecule has 2 heterocycles. The van der Waals surface area contributed by atoms with Gasteiger partial charge in [0.1, 0.15) is 5.82 Å². The molecule has 0 aromatic heterocycles. The van der Waals surface area contributed by atoms with Crippen LogP contribution in [0.4, 0.5) is 4.39 Å². The summed E-state index contributed by atoms with van der Waals surface area (Å²) >= 11 is 0. The van der Waals surface area contributed by atoms with Crippen LogP contribution in [-0.4, -0.2) is 47.9 Å². The number of piperidine rings is 2. The third-order valence-electron chi connectivity index (χ3n) is 5.53. The molecule has 1 amide bonds. The number of likely N-dealkylation sites (tertiary alicyclic amines) is 2. The quantitative estimate of drug-likeness (QED) is 0.834. The molecule has 3 nitrogen and oxygen atoms in total. The van der Waals surface area contributed by atoms with Gasteiger partial charge in [-0.15, -0.1) is 0 Å². The lowest BCUT2D eigenvalue weighted by atomic mass is 9.98. The molecule has 0 N–H and O–H groups in total. The van der Waals surface area contributed by atoms with Crippen molar-refractivity contribution in [2.24, 2.45) is 0 Å². The number of benzene rings is 1. The molecule has 1 aromatic rings. The summed E-state index contributed by atoms with van der Waals surface area (Å²) in [4.78, 5) is 17.2. The van der Waals surface area contributed by atoms with Crippen LogP contribution in [-0.2, 0) is 0 Å². The van der Waals surface area contributed by atoms with Gasteiger partial charge in [0.2, 0.25) is 0 Å². The first-order valence-electron chi connectivity index (χ1n) is 9.39. The van der Waals surface area contributed by atoms with Crippen molar-refractivity contribution in [1.82, 2.24) is 9.80 Å². The van der Waals surface area contributed by atoms with Gasteiger partial charge in [0.05, 0.1) is 0 Å². The summed E-state index contributed by atoms with van der Waals surface area (Å²) in [5.74, 6) is -0.158. The normalized spacial score (nSPS) is 20.6. The van der Waals surface area contributed by atoms with Crippen LogP contribution in [0.2, 0.25) is 0 Å². The molecular formula is C20H29FN2O. The average Bonchev–Trinajstić information content (AvgIpc) is 2.61. The Morgan fingerprint density at radius 1 is 1.08 bits per heavy atom. The Bertz CT molecular complexity index is 573. The minimum atomic E-state index is -0.265. The molecule has 0 saturated carbocycles. The van der Waals surface area contributed by atoms with Gasteiger partial charge >= 0.3 is 0 Å². The molecule has 0 atom stereocenters. The zero-order valence-corrected chi connectivity index (χ0v) is 14.9. The van der Waals surface area contributed by atoms with Crippen LogP contribution < -0.4 is 0 Å². The van der Waals surface area contributed by atoms with Crippen LogP contribution in [0.5, 0.6) is 0 Å². The number of carbonyl (C=O) groups excluding carboxylic acids is 1. The minimum Gasteiger partial charge on any atom is -0.339 e. The van der Waals surface area contributed by atoms with Crippen molar-refractivity contribution in [1.29, 1.82) is 0 Å². The summed E-state index contributed by atoms with van der Waals surface area (Å²) in [7, 11) is 0. The number of hydrogen-bond donors (Lipinski definition) is 0. The second kappa shape index (κ2) is 7.64. The monoisotopic (exact) mass is 332 g/mol. The van der Waals surface area contributed by atoms with Gasteiger partial charge in [-0.3, -0.25) is 4.79 Å². The summed E-state index contributed by atoms with van der Waals surface area (Å²) in [6.45, 7) is 7.92. The van der Waals surface area contributed by atoms with Gasteiger partial charge in [-0.2, -0.15) is 0 Å². The van der Waals surface area contributed by atoms with E-state index in [1.165, 1.54) is 38.4 Å². The van der Waals surface area contributed by atoms with E-state index in [-0.39, 0.29) is 17.6 Å². The van der Waals surface area contributed by atoms with Crippen LogP contribution in [0, 0.1) is 5.82 Å². The molecular weight excluding hydrogens is 303 g/mol. The van der Waals surface area contributed by atoms with Gasteiger partial charge in [0.25, 0.3) is 5.91 Å². The molecule has 24 heavy (non-hydrogen) atoms. The molecule has 2 saturated heterocycles. The molecule has 0 radical (unpaired) electrons. The van der Waals surface area contributed by atoms with E-state index in [4.69, 9.17) is 0 Å². The van der Waals surface area contributed by atoms with Crippen molar-refractivity contribution in [3.8, 4) is 0 Å². The third-order valence-corrected chi connectivity index (χ3v) is 5.53. The highest BCUT2D eigenvalue weighted by Gasteiger charge is 2.28. The van der Waals surface area contributed by atoms with Gasteiger partial charge < -0.3 is 9.80 Å². The molecule has 132 valence electrons. The summed E-state index contributed by atoms with van der Waals surface area (Å²) in [6.07, 6.45) is 6.05. The van der Waals surface area contributed by atoms with Crippen LogP contribution in [0.1, 0.15) is 67.8 Å². The van der Waals surface area contributed by atoms with Gasteiger partial charge in [-0.25, -0.2) is 4.39 Å². The summed E-state index contributed by atoms with van der Waals surface area (Å²) in [6, 6.07) is 5.56. The van der Waals surface area contributed by atoms with E-state index in [1.54, 1.807) is 12.1 Å². The maximum Gasteiger partial charge on any atom is 0.253 e. The number of halogens is 1. The second-order valence-corrected chi connectivity index (χ2v) is 7.51. The zero-order valence-electron chi connectivity index (χ0n) is 14.9. The van der Waals surface area contributed by atoms with E-state index in [2.05, 4.69) is 4.90 Å². The van der Waals surface area contributed by atoms with E-state index >= 15 is 0 Å². The number of hydrogen-bond acceptors (Lipinski definition) is 2. The Kier molecular flexibility index (Phi) is 5.54. The van der Waals surface area contributed by atoms with Crippen molar-refractivity contribution in [2.45, 2.75) is 57.9 Å². The Hall–Kier alpha value is -1.42. The second-order valence-electron chi connectivity index (χ2n) is 7.51. The van der Waals surface area contributed by atoms with Crippen molar-refractivity contribution >= 4 is 5.91 Å². The van der Waals surface area contributed by atoms with Crippen LogP contribution in [0.15, 0.2) is 18.2 Å². The van der Waals surface area contributed by atoms with Crippen molar-refractivity contribution < 1.29 is 9.18 Å². The maximum absolute atomic E-state index is 14.2. The Morgan fingerprint density at radius 2 is 1.75 bits per heavy atom. The molecule has 3 rings (SSSR count). The molecule has 0 aliphatic carbocycles. The first-order valence-corrected chi connectivity index (χ1v) is 9.39. The van der Waals surface area contributed by atoms with E-state index in [0.717, 1.165) is 25.9 Å². The van der Waals surface area contributed by atoms with Crippen molar-refractivity contribution in [2.75, 3.05) is 26.2 Å². The minimum absolute atomic E-state index is 0.0266. The molecule has 2 aliphatic rings. The fourth-order valence-corrected chi connectivity index (χ4v) is 4.03. The molecule has 0 bridgehead atoms. The number of nitrogens with zero attached hydrogens (tertiary/aromatic N) is 2. The molecule has 1 aromatic carbocycles. The lowest BCUT2D eigenvalue weighted by molar-refractivity contribution is 0.0589. The first-order chi connectivity index (χ1) is 11.6. The van der Waals surface area contributed by atoms with Gasteiger partial charge in [-0.1, -0.05) is 26.3 Å². The standard InChI is InChI=1S/C20H29FN2O/c1-15(2)18-7-6-16(14-19(18)21)20(24)23-12-8-17(9-13-23)22-10-4-3-5-11-22/h6-7,14-15,17H,3-5,8-13H2,1-2H3.